The molecule has 1 rings (SSSR count). The van der Waals surface area contributed by atoms with Crippen LogP contribution >= 0.6 is 11.3 Å². The minimum Gasteiger partial charge on any atom is -0.477 e. The van der Waals surface area contributed by atoms with Gasteiger partial charge in [0.2, 0.25) is 10.0 Å². The van der Waals surface area contributed by atoms with Gasteiger partial charge >= 0.3 is 11.9 Å². The number of aromatic carboxylic acids is 1. The molecule has 0 unspecified atom stereocenters. The number of carboxylic acid groups (broad SMARTS) is 1. The van der Waals surface area contributed by atoms with Gasteiger partial charge in [0.1, 0.15) is 16.3 Å². The molecular formula is C12H17NO6S2. The van der Waals surface area contributed by atoms with Crippen LogP contribution in [0.4, 0.5) is 0 Å². The van der Waals surface area contributed by atoms with Gasteiger partial charge in [-0.05, 0) is 31.7 Å². The largest absolute Gasteiger partial charge is 0.477 e. The highest BCUT2D eigenvalue weighted by Crippen LogP contribution is 2.30. The number of carbonyl (C=O) groups is 2. The molecule has 118 valence electrons. The van der Waals surface area contributed by atoms with E-state index in [1.807, 2.05) is 0 Å². The van der Waals surface area contributed by atoms with Crippen LogP contribution in [0.3, 0.4) is 0 Å². The molecule has 1 heterocycles. The van der Waals surface area contributed by atoms with Gasteiger partial charge in [-0.25, -0.2) is 13.2 Å². The first kappa shape index (κ1) is 17.6. The summed E-state index contributed by atoms with van der Waals surface area (Å²) >= 11 is 0.843. The van der Waals surface area contributed by atoms with Gasteiger partial charge in [0.25, 0.3) is 0 Å². The zero-order valence-electron chi connectivity index (χ0n) is 12.1. The molecule has 1 aromatic heterocycles. The van der Waals surface area contributed by atoms with Crippen molar-refractivity contribution in [2.24, 2.45) is 0 Å². The smallest absolute Gasteiger partial charge is 0.347 e. The zero-order valence-corrected chi connectivity index (χ0v) is 13.7. The van der Waals surface area contributed by atoms with Crippen molar-refractivity contribution >= 4 is 33.3 Å². The van der Waals surface area contributed by atoms with Gasteiger partial charge in [-0.3, -0.25) is 4.79 Å². The van der Waals surface area contributed by atoms with Gasteiger partial charge < -0.3 is 9.84 Å². The number of carbonyl (C=O) groups excluding carboxylic acids is 1. The van der Waals surface area contributed by atoms with Crippen LogP contribution < -0.4 is 0 Å². The number of ether oxygens (including phenoxy) is 1. The molecule has 21 heavy (non-hydrogen) atoms. The molecule has 0 spiro atoms. The topological polar surface area (TPSA) is 101 Å². The lowest BCUT2D eigenvalue weighted by atomic mass is 10.3. The van der Waals surface area contributed by atoms with E-state index >= 15 is 0 Å². The van der Waals surface area contributed by atoms with Crippen molar-refractivity contribution in [2.75, 3.05) is 13.7 Å². The normalized spacial score (nSPS) is 11.9. The summed E-state index contributed by atoms with van der Waals surface area (Å²) in [6.07, 6.45) is 0. The highest BCUT2D eigenvalue weighted by Gasteiger charge is 2.35. The molecule has 0 aromatic carbocycles. The summed E-state index contributed by atoms with van der Waals surface area (Å²) in [6.45, 7) is 4.25. The molecule has 0 amide bonds. The number of hydrogen-bond donors (Lipinski definition) is 1. The van der Waals surface area contributed by atoms with Crippen molar-refractivity contribution in [2.45, 2.75) is 31.7 Å². The van der Waals surface area contributed by atoms with Gasteiger partial charge in [-0.2, -0.15) is 4.31 Å². The predicted octanol–water partition coefficient (Wildman–Crippen LogP) is 1.33. The Labute approximate surface area is 127 Å². The van der Waals surface area contributed by atoms with Gasteiger partial charge in [-0.1, -0.05) is 0 Å². The molecule has 0 aliphatic rings. The maximum absolute atomic E-state index is 12.7. The van der Waals surface area contributed by atoms with E-state index in [4.69, 9.17) is 5.11 Å². The molecule has 0 bridgehead atoms. The first-order valence-electron chi connectivity index (χ1n) is 6.03. The quantitative estimate of drug-likeness (QED) is 0.787. The highest BCUT2D eigenvalue weighted by molar-refractivity contribution is 7.89. The van der Waals surface area contributed by atoms with E-state index in [1.54, 1.807) is 13.8 Å². The Bertz CT molecular complexity index is 647. The van der Waals surface area contributed by atoms with Gasteiger partial charge in [0.15, 0.2) is 0 Å². The summed E-state index contributed by atoms with van der Waals surface area (Å²) in [5, 5.41) is 10.6. The molecule has 7 nitrogen and oxygen atoms in total. The number of sulfonamides is 1. The van der Waals surface area contributed by atoms with Crippen molar-refractivity contribution in [3.63, 3.8) is 0 Å². The average molecular weight is 335 g/mol. The standard InChI is InChI=1S/C12H17NO6S2/c1-7(2)13(5-9(14)19-4)21(17,18)11-8(3)6-20-10(11)12(15)16/h6-7H,5H2,1-4H3,(H,15,16). The van der Waals surface area contributed by atoms with E-state index in [0.29, 0.717) is 5.56 Å². The second kappa shape index (κ2) is 6.54. The Morgan fingerprint density at radius 1 is 1.43 bits per heavy atom. The maximum Gasteiger partial charge on any atom is 0.347 e. The summed E-state index contributed by atoms with van der Waals surface area (Å²) < 4.78 is 30.8. The number of carboxylic acids is 1. The van der Waals surface area contributed by atoms with Crippen LogP contribution in [0.2, 0.25) is 0 Å². The van der Waals surface area contributed by atoms with E-state index in [9.17, 15) is 18.0 Å². The second-order valence-electron chi connectivity index (χ2n) is 4.60. The van der Waals surface area contributed by atoms with E-state index in [-0.39, 0.29) is 9.77 Å². The lowest BCUT2D eigenvalue weighted by Gasteiger charge is -2.25. The summed E-state index contributed by atoms with van der Waals surface area (Å²) in [5.74, 6) is -2.02. The third-order valence-corrected chi connectivity index (χ3v) is 6.19. The van der Waals surface area contributed by atoms with Crippen LogP contribution in [-0.2, 0) is 19.6 Å². The van der Waals surface area contributed by atoms with E-state index in [2.05, 4.69) is 4.74 Å². The summed E-state index contributed by atoms with van der Waals surface area (Å²) in [5.41, 5.74) is 0.341. The van der Waals surface area contributed by atoms with Crippen LogP contribution in [-0.4, -0.2) is 49.5 Å². The summed E-state index contributed by atoms with van der Waals surface area (Å²) in [6, 6.07) is -0.518. The Kier molecular flexibility index (Phi) is 5.48. The molecule has 9 heteroatoms. The molecule has 0 saturated carbocycles. The van der Waals surface area contributed by atoms with E-state index in [0.717, 1.165) is 22.8 Å². The van der Waals surface area contributed by atoms with Crippen molar-refractivity contribution in [3.8, 4) is 0 Å². The van der Waals surface area contributed by atoms with Crippen LogP contribution in [0.5, 0.6) is 0 Å². The van der Waals surface area contributed by atoms with Crippen molar-refractivity contribution in [3.05, 3.63) is 15.8 Å². The number of thiophene rings is 1. The molecule has 1 N–H and O–H groups in total. The number of aryl methyl sites for hydroxylation is 1. The van der Waals surface area contributed by atoms with Gasteiger partial charge in [-0.15, -0.1) is 11.3 Å². The Morgan fingerprint density at radius 2 is 2.00 bits per heavy atom. The molecule has 0 aliphatic heterocycles. The first-order valence-corrected chi connectivity index (χ1v) is 8.35. The predicted molar refractivity (Wildman–Crippen MR) is 77.1 cm³/mol. The zero-order chi connectivity index (χ0) is 16.4. The molecular weight excluding hydrogens is 318 g/mol. The molecule has 0 radical (unpaired) electrons. The third kappa shape index (κ3) is 3.60. The number of hydrogen-bond acceptors (Lipinski definition) is 6. The Morgan fingerprint density at radius 3 is 2.43 bits per heavy atom. The third-order valence-electron chi connectivity index (χ3n) is 2.77. The van der Waals surface area contributed by atoms with Gasteiger partial charge in [0.05, 0.1) is 7.11 Å². The van der Waals surface area contributed by atoms with Crippen LogP contribution in [0.1, 0.15) is 29.1 Å². The SMILES string of the molecule is COC(=O)CN(C(C)C)S(=O)(=O)c1c(C)csc1C(=O)O. The minimum atomic E-state index is -4.11. The monoisotopic (exact) mass is 335 g/mol. The van der Waals surface area contributed by atoms with Crippen LogP contribution in [0, 0.1) is 6.92 Å². The fraction of sp³-hybridized carbons (Fsp3) is 0.500. The molecule has 0 atom stereocenters. The van der Waals surface area contributed by atoms with Crippen molar-refractivity contribution in [1.29, 1.82) is 0 Å². The van der Waals surface area contributed by atoms with E-state index < -0.39 is 34.5 Å². The fourth-order valence-corrected chi connectivity index (χ4v) is 4.92. The molecule has 0 aliphatic carbocycles. The van der Waals surface area contributed by atoms with Crippen LogP contribution in [0.25, 0.3) is 0 Å². The van der Waals surface area contributed by atoms with Gasteiger partial charge in [0, 0.05) is 6.04 Å². The molecule has 0 fully saturated rings. The molecule has 1 aromatic rings. The lowest BCUT2D eigenvalue weighted by molar-refractivity contribution is -0.141. The number of rotatable bonds is 6. The first-order chi connectivity index (χ1) is 9.62. The average Bonchev–Trinajstić information content (AvgIpc) is 2.77. The fourth-order valence-electron chi connectivity index (χ4n) is 1.76. The molecule has 0 saturated heterocycles. The van der Waals surface area contributed by atoms with Crippen molar-refractivity contribution < 1.29 is 27.9 Å². The Hall–Kier alpha value is -1.45. The number of nitrogens with zero attached hydrogens (tertiary/aromatic N) is 1. The maximum atomic E-state index is 12.7. The summed E-state index contributed by atoms with van der Waals surface area (Å²) in [7, 11) is -2.95. The second-order valence-corrected chi connectivity index (χ2v) is 7.31. The van der Waals surface area contributed by atoms with Crippen molar-refractivity contribution in [1.82, 2.24) is 4.31 Å². The highest BCUT2D eigenvalue weighted by atomic mass is 32.2. The lowest BCUT2D eigenvalue weighted by Crippen LogP contribution is -2.41. The number of esters is 1. The number of methoxy groups -OCH3 is 1. The van der Waals surface area contributed by atoms with E-state index in [1.165, 1.54) is 12.3 Å². The summed E-state index contributed by atoms with van der Waals surface area (Å²) in [4.78, 5) is 22.1. The Balaban J connectivity index is 3.40. The van der Waals surface area contributed by atoms with Crippen LogP contribution in [0.15, 0.2) is 10.3 Å². The minimum absolute atomic E-state index is 0.261.